The van der Waals surface area contributed by atoms with E-state index >= 15 is 0 Å². The van der Waals surface area contributed by atoms with Gasteiger partial charge in [0, 0.05) is 18.8 Å². The van der Waals surface area contributed by atoms with Gasteiger partial charge in [-0.3, -0.25) is 4.79 Å². The Morgan fingerprint density at radius 1 is 1.35 bits per heavy atom. The standard InChI is InChI=1S/C12H18N2O2.ClH/c1-2-16-8-7-12(15)14-11-5-3-10(9-13)4-6-11;/h3-6H,2,7-9,13H2,1H3,(H,14,15);1H. The number of amides is 1. The molecular formula is C12H19ClN2O2. The summed E-state index contributed by atoms with van der Waals surface area (Å²) in [5.41, 5.74) is 7.32. The van der Waals surface area contributed by atoms with Crippen LogP contribution in [0.4, 0.5) is 5.69 Å². The third-order valence-electron chi connectivity index (χ3n) is 2.15. The predicted molar refractivity (Wildman–Crippen MR) is 71.3 cm³/mol. The zero-order valence-corrected chi connectivity index (χ0v) is 10.8. The van der Waals surface area contributed by atoms with Gasteiger partial charge in [-0.1, -0.05) is 12.1 Å². The molecular weight excluding hydrogens is 240 g/mol. The van der Waals surface area contributed by atoms with Crippen LogP contribution in [0.5, 0.6) is 0 Å². The maximum absolute atomic E-state index is 11.4. The van der Waals surface area contributed by atoms with Crippen LogP contribution in [0, 0.1) is 0 Å². The second-order valence-electron chi connectivity index (χ2n) is 3.40. The van der Waals surface area contributed by atoms with Gasteiger partial charge in [-0.25, -0.2) is 0 Å². The molecule has 0 unspecified atom stereocenters. The Morgan fingerprint density at radius 3 is 2.53 bits per heavy atom. The lowest BCUT2D eigenvalue weighted by molar-refractivity contribution is -0.117. The molecule has 4 nitrogen and oxygen atoms in total. The van der Waals surface area contributed by atoms with Crippen LogP contribution < -0.4 is 11.1 Å². The normalized spacial score (nSPS) is 9.53. The van der Waals surface area contributed by atoms with E-state index in [1.165, 1.54) is 0 Å². The summed E-state index contributed by atoms with van der Waals surface area (Å²) in [6.45, 7) is 3.52. The maximum Gasteiger partial charge on any atom is 0.226 e. The molecule has 0 atom stereocenters. The van der Waals surface area contributed by atoms with Gasteiger partial charge in [0.15, 0.2) is 0 Å². The fourth-order valence-corrected chi connectivity index (χ4v) is 1.26. The van der Waals surface area contributed by atoms with Gasteiger partial charge in [0.05, 0.1) is 13.0 Å². The SMILES string of the molecule is CCOCCC(=O)Nc1ccc(CN)cc1.Cl. The highest BCUT2D eigenvalue weighted by Gasteiger charge is 2.01. The quantitative estimate of drug-likeness (QED) is 0.767. The Labute approximate surface area is 108 Å². The van der Waals surface area contributed by atoms with E-state index in [1.54, 1.807) is 0 Å². The number of carbonyl (C=O) groups is 1. The summed E-state index contributed by atoms with van der Waals surface area (Å²) in [6.07, 6.45) is 0.381. The summed E-state index contributed by atoms with van der Waals surface area (Å²) in [5.74, 6) is -0.0334. The molecule has 0 heterocycles. The Balaban J connectivity index is 0.00000256. The molecule has 0 spiro atoms. The minimum atomic E-state index is -0.0334. The summed E-state index contributed by atoms with van der Waals surface area (Å²) in [4.78, 5) is 11.4. The van der Waals surface area contributed by atoms with E-state index in [2.05, 4.69) is 5.32 Å². The third kappa shape index (κ3) is 6.26. The Bertz CT molecular complexity index is 328. The van der Waals surface area contributed by atoms with Crippen molar-refractivity contribution in [1.29, 1.82) is 0 Å². The maximum atomic E-state index is 11.4. The molecule has 0 saturated carbocycles. The molecule has 0 fully saturated rings. The average molecular weight is 259 g/mol. The van der Waals surface area contributed by atoms with Crippen molar-refractivity contribution in [2.24, 2.45) is 5.73 Å². The van der Waals surface area contributed by atoms with E-state index in [0.717, 1.165) is 11.3 Å². The first-order valence-corrected chi connectivity index (χ1v) is 5.43. The summed E-state index contributed by atoms with van der Waals surface area (Å²) in [7, 11) is 0. The van der Waals surface area contributed by atoms with E-state index in [9.17, 15) is 4.79 Å². The van der Waals surface area contributed by atoms with Crippen molar-refractivity contribution in [3.63, 3.8) is 0 Å². The van der Waals surface area contributed by atoms with Crippen molar-refractivity contribution in [3.05, 3.63) is 29.8 Å². The lowest BCUT2D eigenvalue weighted by Crippen LogP contribution is -2.14. The second kappa shape index (κ2) is 8.98. The number of nitrogens with two attached hydrogens (primary N) is 1. The van der Waals surface area contributed by atoms with Gasteiger partial charge in [-0.15, -0.1) is 12.4 Å². The number of halogens is 1. The molecule has 17 heavy (non-hydrogen) atoms. The van der Waals surface area contributed by atoms with Crippen LogP contribution >= 0.6 is 12.4 Å². The number of hydrogen-bond donors (Lipinski definition) is 2. The zero-order valence-electron chi connectivity index (χ0n) is 9.94. The van der Waals surface area contributed by atoms with Crippen LogP contribution in [-0.2, 0) is 16.1 Å². The first kappa shape index (κ1) is 15.9. The fourth-order valence-electron chi connectivity index (χ4n) is 1.26. The van der Waals surface area contributed by atoms with E-state index in [0.29, 0.717) is 26.2 Å². The molecule has 0 saturated heterocycles. The largest absolute Gasteiger partial charge is 0.381 e. The first-order valence-electron chi connectivity index (χ1n) is 5.43. The molecule has 5 heteroatoms. The molecule has 0 aromatic heterocycles. The van der Waals surface area contributed by atoms with Crippen LogP contribution in [-0.4, -0.2) is 19.1 Å². The van der Waals surface area contributed by atoms with Crippen molar-refractivity contribution in [3.8, 4) is 0 Å². The summed E-state index contributed by atoms with van der Waals surface area (Å²) >= 11 is 0. The number of anilines is 1. The van der Waals surface area contributed by atoms with Crippen LogP contribution in [0.2, 0.25) is 0 Å². The van der Waals surface area contributed by atoms with Gasteiger partial charge in [-0.05, 0) is 24.6 Å². The average Bonchev–Trinajstić information content (AvgIpc) is 2.30. The predicted octanol–water partition coefficient (Wildman–Crippen LogP) is 1.93. The summed E-state index contributed by atoms with van der Waals surface area (Å²) in [5, 5.41) is 2.79. The lowest BCUT2D eigenvalue weighted by Gasteiger charge is -2.05. The van der Waals surface area contributed by atoms with Crippen molar-refractivity contribution in [2.45, 2.75) is 19.9 Å². The van der Waals surface area contributed by atoms with Crippen molar-refractivity contribution in [2.75, 3.05) is 18.5 Å². The fraction of sp³-hybridized carbons (Fsp3) is 0.417. The smallest absolute Gasteiger partial charge is 0.226 e. The summed E-state index contributed by atoms with van der Waals surface area (Å²) < 4.78 is 5.10. The molecule has 1 aromatic rings. The monoisotopic (exact) mass is 258 g/mol. The number of benzene rings is 1. The summed E-state index contributed by atoms with van der Waals surface area (Å²) in [6, 6.07) is 7.50. The van der Waals surface area contributed by atoms with E-state index < -0.39 is 0 Å². The lowest BCUT2D eigenvalue weighted by atomic mass is 10.2. The van der Waals surface area contributed by atoms with Crippen molar-refractivity contribution in [1.82, 2.24) is 0 Å². The molecule has 0 aliphatic carbocycles. The van der Waals surface area contributed by atoms with Crippen LogP contribution in [0.3, 0.4) is 0 Å². The van der Waals surface area contributed by atoms with Crippen LogP contribution in [0.15, 0.2) is 24.3 Å². The number of carbonyl (C=O) groups excluding carboxylic acids is 1. The Hall–Kier alpha value is -1.10. The van der Waals surface area contributed by atoms with E-state index in [1.807, 2.05) is 31.2 Å². The number of hydrogen-bond acceptors (Lipinski definition) is 3. The molecule has 0 bridgehead atoms. The van der Waals surface area contributed by atoms with E-state index in [-0.39, 0.29) is 18.3 Å². The zero-order chi connectivity index (χ0) is 11.8. The molecule has 0 aliphatic heterocycles. The Morgan fingerprint density at radius 2 is 2.00 bits per heavy atom. The molecule has 1 rings (SSSR count). The van der Waals surface area contributed by atoms with Gasteiger partial charge in [0.25, 0.3) is 0 Å². The highest BCUT2D eigenvalue weighted by Crippen LogP contribution is 2.09. The number of ether oxygens (including phenoxy) is 1. The molecule has 1 aromatic carbocycles. The minimum absolute atomic E-state index is 0. The molecule has 0 radical (unpaired) electrons. The van der Waals surface area contributed by atoms with Crippen LogP contribution in [0.1, 0.15) is 18.9 Å². The van der Waals surface area contributed by atoms with Gasteiger partial charge in [0.2, 0.25) is 5.91 Å². The highest BCUT2D eigenvalue weighted by atomic mass is 35.5. The highest BCUT2D eigenvalue weighted by molar-refractivity contribution is 5.90. The molecule has 1 amide bonds. The minimum Gasteiger partial charge on any atom is -0.381 e. The van der Waals surface area contributed by atoms with Crippen molar-refractivity contribution >= 4 is 24.0 Å². The van der Waals surface area contributed by atoms with Gasteiger partial charge in [0.1, 0.15) is 0 Å². The van der Waals surface area contributed by atoms with Gasteiger partial charge in [-0.2, -0.15) is 0 Å². The van der Waals surface area contributed by atoms with Gasteiger partial charge >= 0.3 is 0 Å². The Kier molecular flexibility index (Phi) is 8.40. The molecule has 96 valence electrons. The molecule has 0 aliphatic rings. The number of rotatable bonds is 6. The second-order valence-corrected chi connectivity index (χ2v) is 3.40. The number of nitrogens with one attached hydrogen (secondary N) is 1. The molecule has 3 N–H and O–H groups in total. The first-order chi connectivity index (χ1) is 7.76. The van der Waals surface area contributed by atoms with E-state index in [4.69, 9.17) is 10.5 Å². The third-order valence-corrected chi connectivity index (χ3v) is 2.15. The van der Waals surface area contributed by atoms with Gasteiger partial charge < -0.3 is 15.8 Å². The topological polar surface area (TPSA) is 64.3 Å². The van der Waals surface area contributed by atoms with Crippen LogP contribution in [0.25, 0.3) is 0 Å². The van der Waals surface area contributed by atoms with Crippen molar-refractivity contribution < 1.29 is 9.53 Å².